The van der Waals surface area contributed by atoms with Gasteiger partial charge in [-0.3, -0.25) is 9.69 Å². The van der Waals surface area contributed by atoms with Gasteiger partial charge in [0.15, 0.2) is 0 Å². The fraction of sp³-hybridized carbons (Fsp3) is 0.947. The molecule has 23 heavy (non-hydrogen) atoms. The minimum atomic E-state index is 0.126. The highest BCUT2D eigenvalue weighted by atomic mass is 16.5. The lowest BCUT2D eigenvalue weighted by Crippen LogP contribution is -2.49. The molecule has 1 aliphatic heterocycles. The summed E-state index contributed by atoms with van der Waals surface area (Å²) in [7, 11) is 0. The van der Waals surface area contributed by atoms with E-state index in [0.29, 0.717) is 0 Å². The number of unbranched alkanes of at least 4 members (excludes halogenated alkanes) is 4. The van der Waals surface area contributed by atoms with Gasteiger partial charge in [0.05, 0.1) is 6.10 Å². The van der Waals surface area contributed by atoms with E-state index >= 15 is 0 Å². The number of hydrogen-bond donors (Lipinski definition) is 0. The molecule has 4 heteroatoms. The molecule has 1 rings (SSSR count). The minimum absolute atomic E-state index is 0.126. The van der Waals surface area contributed by atoms with E-state index in [2.05, 4.69) is 18.7 Å². The number of carbonyl (C=O) groups is 1. The fourth-order valence-corrected chi connectivity index (χ4v) is 2.97. The maximum absolute atomic E-state index is 12.0. The molecular formula is C19H38N2O2. The molecule has 0 saturated carbocycles. The molecular weight excluding hydrogens is 288 g/mol. The first-order valence-electron chi connectivity index (χ1n) is 9.60. The lowest BCUT2D eigenvalue weighted by atomic mass is 10.0. The average molecular weight is 327 g/mol. The van der Waals surface area contributed by atoms with E-state index in [1.165, 1.54) is 45.1 Å². The van der Waals surface area contributed by atoms with Crippen LogP contribution in [0.4, 0.5) is 0 Å². The molecule has 1 amide bonds. The summed E-state index contributed by atoms with van der Waals surface area (Å²) in [6.07, 6.45) is 8.29. The minimum Gasteiger partial charge on any atom is -0.369 e. The lowest BCUT2D eigenvalue weighted by molar-refractivity contribution is -0.139. The zero-order chi connectivity index (χ0) is 17.1. The smallest absolute Gasteiger partial charge is 0.248 e. The van der Waals surface area contributed by atoms with Crippen LogP contribution in [0.3, 0.4) is 0 Å². The molecule has 0 unspecified atom stereocenters. The Kier molecular flexibility index (Phi) is 10.5. The second-order valence-electron chi connectivity index (χ2n) is 7.53. The third kappa shape index (κ3) is 9.98. The standard InChI is InChI=1S/C19H38N2O2/c1-17(2)10-8-6-5-7-9-11-20-12-14-21(15-13-20)19(22)16-23-18(3)4/h17-18H,5-16H2,1-4H3. The van der Waals surface area contributed by atoms with Gasteiger partial charge in [-0.2, -0.15) is 0 Å². The zero-order valence-electron chi connectivity index (χ0n) is 15.9. The lowest BCUT2D eigenvalue weighted by Gasteiger charge is -2.34. The van der Waals surface area contributed by atoms with Crippen molar-refractivity contribution in [2.75, 3.05) is 39.3 Å². The number of ether oxygens (including phenoxy) is 1. The summed E-state index contributed by atoms with van der Waals surface area (Å²) in [4.78, 5) is 16.5. The van der Waals surface area contributed by atoms with E-state index in [-0.39, 0.29) is 18.6 Å². The van der Waals surface area contributed by atoms with Gasteiger partial charge < -0.3 is 9.64 Å². The van der Waals surface area contributed by atoms with E-state index in [4.69, 9.17) is 4.74 Å². The Morgan fingerprint density at radius 1 is 0.913 bits per heavy atom. The summed E-state index contributed by atoms with van der Waals surface area (Å²) in [6.45, 7) is 13.7. The predicted octanol–water partition coefficient (Wildman–Crippen LogP) is 3.55. The van der Waals surface area contributed by atoms with Crippen molar-refractivity contribution in [2.45, 2.75) is 72.3 Å². The van der Waals surface area contributed by atoms with Gasteiger partial charge in [0, 0.05) is 26.2 Å². The highest BCUT2D eigenvalue weighted by Crippen LogP contribution is 2.11. The van der Waals surface area contributed by atoms with Crippen LogP contribution in [0.25, 0.3) is 0 Å². The van der Waals surface area contributed by atoms with Gasteiger partial charge >= 0.3 is 0 Å². The van der Waals surface area contributed by atoms with Crippen LogP contribution in [0.2, 0.25) is 0 Å². The maximum atomic E-state index is 12.0. The van der Waals surface area contributed by atoms with Crippen LogP contribution in [-0.2, 0) is 9.53 Å². The first-order valence-corrected chi connectivity index (χ1v) is 9.60. The molecule has 136 valence electrons. The highest BCUT2D eigenvalue weighted by molar-refractivity contribution is 5.77. The number of hydrogen-bond acceptors (Lipinski definition) is 3. The molecule has 0 spiro atoms. The van der Waals surface area contributed by atoms with Gasteiger partial charge in [0.1, 0.15) is 6.61 Å². The van der Waals surface area contributed by atoms with Crippen molar-refractivity contribution in [3.63, 3.8) is 0 Å². The van der Waals surface area contributed by atoms with Crippen LogP contribution in [0.1, 0.15) is 66.2 Å². The Bertz CT molecular complexity index is 310. The molecule has 0 atom stereocenters. The second-order valence-corrected chi connectivity index (χ2v) is 7.53. The number of carbonyl (C=O) groups excluding carboxylic acids is 1. The summed E-state index contributed by atoms with van der Waals surface area (Å²) < 4.78 is 5.41. The molecule has 0 aliphatic carbocycles. The molecule has 0 bridgehead atoms. The van der Waals surface area contributed by atoms with Crippen LogP contribution in [-0.4, -0.2) is 61.1 Å². The number of nitrogens with zero attached hydrogens (tertiary/aromatic N) is 2. The van der Waals surface area contributed by atoms with Crippen LogP contribution >= 0.6 is 0 Å². The second kappa shape index (κ2) is 11.9. The number of rotatable bonds is 11. The first kappa shape index (κ1) is 20.4. The third-order valence-electron chi connectivity index (χ3n) is 4.52. The van der Waals surface area contributed by atoms with Gasteiger partial charge in [0.25, 0.3) is 0 Å². The molecule has 0 aromatic rings. The normalized spacial score (nSPS) is 16.5. The van der Waals surface area contributed by atoms with Crippen LogP contribution in [0.15, 0.2) is 0 Å². The molecule has 1 fully saturated rings. The Balaban J connectivity index is 2.00. The Morgan fingerprint density at radius 3 is 2.13 bits per heavy atom. The quantitative estimate of drug-likeness (QED) is 0.544. The average Bonchev–Trinajstić information content (AvgIpc) is 2.52. The van der Waals surface area contributed by atoms with Crippen LogP contribution < -0.4 is 0 Å². The Hall–Kier alpha value is -0.610. The zero-order valence-corrected chi connectivity index (χ0v) is 15.9. The van der Waals surface area contributed by atoms with Crippen molar-refractivity contribution in [3.8, 4) is 0 Å². The number of piperazine rings is 1. The summed E-state index contributed by atoms with van der Waals surface area (Å²) in [5.74, 6) is 0.989. The van der Waals surface area contributed by atoms with E-state index in [9.17, 15) is 4.79 Å². The van der Waals surface area contributed by atoms with Gasteiger partial charge in [-0.15, -0.1) is 0 Å². The third-order valence-corrected chi connectivity index (χ3v) is 4.52. The monoisotopic (exact) mass is 326 g/mol. The van der Waals surface area contributed by atoms with Crippen molar-refractivity contribution >= 4 is 5.91 Å². The van der Waals surface area contributed by atoms with Gasteiger partial charge in [-0.1, -0.05) is 46.0 Å². The van der Waals surface area contributed by atoms with E-state index in [1.807, 2.05) is 18.7 Å². The molecule has 1 saturated heterocycles. The van der Waals surface area contributed by atoms with Gasteiger partial charge in [-0.05, 0) is 32.7 Å². The van der Waals surface area contributed by atoms with Gasteiger partial charge in [-0.25, -0.2) is 0 Å². The fourth-order valence-electron chi connectivity index (χ4n) is 2.97. The highest BCUT2D eigenvalue weighted by Gasteiger charge is 2.20. The molecule has 0 radical (unpaired) electrons. The molecule has 1 aliphatic rings. The largest absolute Gasteiger partial charge is 0.369 e. The van der Waals surface area contributed by atoms with Crippen molar-refractivity contribution in [1.82, 2.24) is 9.80 Å². The molecule has 4 nitrogen and oxygen atoms in total. The summed E-state index contributed by atoms with van der Waals surface area (Å²) >= 11 is 0. The van der Waals surface area contributed by atoms with E-state index < -0.39 is 0 Å². The van der Waals surface area contributed by atoms with Gasteiger partial charge in [0.2, 0.25) is 5.91 Å². The molecule has 0 aromatic carbocycles. The van der Waals surface area contributed by atoms with Crippen molar-refractivity contribution in [3.05, 3.63) is 0 Å². The SMILES string of the molecule is CC(C)CCCCCCCN1CCN(C(=O)COC(C)C)CC1. The molecule has 0 N–H and O–H groups in total. The summed E-state index contributed by atoms with van der Waals surface area (Å²) in [6, 6.07) is 0. The number of amides is 1. The van der Waals surface area contributed by atoms with Crippen LogP contribution in [0, 0.1) is 5.92 Å². The topological polar surface area (TPSA) is 32.8 Å². The van der Waals surface area contributed by atoms with Crippen molar-refractivity contribution in [2.24, 2.45) is 5.92 Å². The maximum Gasteiger partial charge on any atom is 0.248 e. The van der Waals surface area contributed by atoms with E-state index in [1.54, 1.807) is 0 Å². The predicted molar refractivity (Wildman–Crippen MR) is 96.6 cm³/mol. The summed E-state index contributed by atoms with van der Waals surface area (Å²) in [5, 5.41) is 0. The van der Waals surface area contributed by atoms with Crippen molar-refractivity contribution < 1.29 is 9.53 Å². The first-order chi connectivity index (χ1) is 11.0. The van der Waals surface area contributed by atoms with Crippen molar-refractivity contribution in [1.29, 1.82) is 0 Å². The molecule has 1 heterocycles. The van der Waals surface area contributed by atoms with Crippen LogP contribution in [0.5, 0.6) is 0 Å². The molecule has 0 aromatic heterocycles. The Morgan fingerprint density at radius 2 is 1.52 bits per heavy atom. The Labute approximate surface area is 143 Å². The summed E-state index contributed by atoms with van der Waals surface area (Å²) in [5.41, 5.74) is 0. The van der Waals surface area contributed by atoms with E-state index in [0.717, 1.165) is 32.1 Å².